The van der Waals surface area contributed by atoms with E-state index in [0.717, 1.165) is 11.1 Å². The van der Waals surface area contributed by atoms with E-state index in [1.807, 2.05) is 26.0 Å². The molecule has 0 saturated heterocycles. The summed E-state index contributed by atoms with van der Waals surface area (Å²) < 4.78 is 69.7. The van der Waals surface area contributed by atoms with Crippen LogP contribution in [-0.4, -0.2) is 28.4 Å². The van der Waals surface area contributed by atoms with Gasteiger partial charge in [0.15, 0.2) is 34.6 Å². The lowest BCUT2D eigenvalue weighted by atomic mass is 10.2. The van der Waals surface area contributed by atoms with E-state index in [9.17, 15) is 17.6 Å². The molecule has 3 aromatic carbocycles. The molecule has 8 heteroatoms. The quantitative estimate of drug-likeness (QED) is 0.436. The highest BCUT2D eigenvalue weighted by atomic mass is 19.2. The van der Waals surface area contributed by atoms with Gasteiger partial charge in [0.05, 0.1) is 28.4 Å². The van der Waals surface area contributed by atoms with Gasteiger partial charge in [0.2, 0.25) is 11.6 Å². The first-order valence-corrected chi connectivity index (χ1v) is 9.34. The first-order chi connectivity index (χ1) is 15.2. The van der Waals surface area contributed by atoms with Gasteiger partial charge in [0.25, 0.3) is 0 Å². The van der Waals surface area contributed by atoms with Crippen molar-refractivity contribution in [1.29, 1.82) is 0 Å². The molecule has 0 aliphatic heterocycles. The van der Waals surface area contributed by atoms with Gasteiger partial charge in [-0.15, -0.1) is 0 Å². The predicted octanol–water partition coefficient (Wildman–Crippen LogP) is 6.27. The van der Waals surface area contributed by atoms with E-state index >= 15 is 0 Å². The van der Waals surface area contributed by atoms with Crippen molar-refractivity contribution in [2.75, 3.05) is 28.4 Å². The van der Waals surface area contributed by atoms with Crippen LogP contribution in [0.25, 0.3) is 0 Å². The fourth-order valence-electron chi connectivity index (χ4n) is 2.37. The first kappa shape index (κ1) is 26.6. The van der Waals surface area contributed by atoms with Crippen LogP contribution >= 0.6 is 0 Å². The lowest BCUT2D eigenvalue weighted by molar-refractivity contribution is 0.344. The van der Waals surface area contributed by atoms with Gasteiger partial charge in [-0.2, -0.15) is 8.78 Å². The maximum Gasteiger partial charge on any atom is 0.204 e. The maximum atomic E-state index is 12.9. The molecule has 3 aromatic rings. The number of ether oxygens (including phenoxy) is 4. The molecule has 174 valence electrons. The summed E-state index contributed by atoms with van der Waals surface area (Å²) in [5, 5.41) is 0. The molecule has 0 spiro atoms. The maximum absolute atomic E-state index is 12.9. The van der Waals surface area contributed by atoms with E-state index in [-0.39, 0.29) is 23.1 Å². The normalized spacial score (nSPS) is 9.56. The largest absolute Gasteiger partial charge is 0.494 e. The summed E-state index contributed by atoms with van der Waals surface area (Å²) in [6.45, 7) is 3.67. The number of aryl methyl sites for hydroxylation is 2. The molecule has 4 nitrogen and oxygen atoms in total. The molecule has 0 aliphatic carbocycles. The van der Waals surface area contributed by atoms with E-state index in [2.05, 4.69) is 9.47 Å². The number of hydrogen-bond acceptors (Lipinski definition) is 4. The van der Waals surface area contributed by atoms with E-state index < -0.39 is 11.6 Å². The molecular weight excluding hydrogens is 428 g/mol. The topological polar surface area (TPSA) is 36.9 Å². The molecule has 0 unspecified atom stereocenters. The van der Waals surface area contributed by atoms with E-state index in [0.29, 0.717) is 11.5 Å². The third kappa shape index (κ3) is 7.68. The SMILES string of the molecule is COc1ccc(C)cc1F.COc1ccc(C)cc1F.COc1ccc(OC)c(F)c1F. The fraction of sp³-hybridized carbons (Fsp3) is 0.250. The number of benzene rings is 3. The minimum Gasteiger partial charge on any atom is -0.494 e. The Morgan fingerprint density at radius 3 is 1.00 bits per heavy atom. The summed E-state index contributed by atoms with van der Waals surface area (Å²) in [6, 6.07) is 12.3. The van der Waals surface area contributed by atoms with Gasteiger partial charge in [-0.25, -0.2) is 8.78 Å². The second-order valence-corrected chi connectivity index (χ2v) is 6.37. The third-order valence-electron chi connectivity index (χ3n) is 4.07. The summed E-state index contributed by atoms with van der Waals surface area (Å²) in [5.41, 5.74) is 1.80. The van der Waals surface area contributed by atoms with Crippen LogP contribution in [0, 0.1) is 37.1 Å². The Balaban J connectivity index is 0.000000241. The number of rotatable bonds is 4. The molecule has 0 fully saturated rings. The number of hydrogen-bond donors (Lipinski definition) is 0. The Kier molecular flexibility index (Phi) is 10.9. The van der Waals surface area contributed by atoms with Crippen molar-refractivity contribution in [3.63, 3.8) is 0 Å². The Hall–Kier alpha value is -3.42. The zero-order chi connectivity index (χ0) is 24.3. The average molecular weight is 454 g/mol. The van der Waals surface area contributed by atoms with Gasteiger partial charge >= 0.3 is 0 Å². The molecular formula is C24H26F4O4. The minimum absolute atomic E-state index is 0.131. The van der Waals surface area contributed by atoms with Crippen LogP contribution in [0.2, 0.25) is 0 Å². The van der Waals surface area contributed by atoms with E-state index in [1.165, 1.54) is 52.7 Å². The molecule has 0 amide bonds. The van der Waals surface area contributed by atoms with E-state index in [1.54, 1.807) is 12.1 Å². The minimum atomic E-state index is -1.03. The summed E-state index contributed by atoms with van der Waals surface area (Å²) in [4.78, 5) is 0. The smallest absolute Gasteiger partial charge is 0.204 e. The van der Waals surface area contributed by atoms with Crippen molar-refractivity contribution in [3.8, 4) is 23.0 Å². The van der Waals surface area contributed by atoms with Crippen molar-refractivity contribution in [2.45, 2.75) is 13.8 Å². The molecule has 0 saturated carbocycles. The Labute approximate surface area is 185 Å². The second-order valence-electron chi connectivity index (χ2n) is 6.37. The van der Waals surface area contributed by atoms with E-state index in [4.69, 9.17) is 9.47 Å². The second kappa shape index (κ2) is 13.1. The van der Waals surface area contributed by atoms with Gasteiger partial charge in [-0.1, -0.05) is 12.1 Å². The van der Waals surface area contributed by atoms with Crippen molar-refractivity contribution >= 4 is 0 Å². The van der Waals surface area contributed by atoms with Crippen LogP contribution in [0.3, 0.4) is 0 Å². The molecule has 0 atom stereocenters. The Morgan fingerprint density at radius 2 is 0.750 bits per heavy atom. The van der Waals surface area contributed by atoms with Crippen LogP contribution in [0.4, 0.5) is 17.6 Å². The van der Waals surface area contributed by atoms with Gasteiger partial charge in [0.1, 0.15) is 0 Å². The third-order valence-corrected chi connectivity index (χ3v) is 4.07. The molecule has 0 bridgehead atoms. The highest BCUT2D eigenvalue weighted by molar-refractivity contribution is 5.34. The highest BCUT2D eigenvalue weighted by Crippen LogP contribution is 2.26. The van der Waals surface area contributed by atoms with Crippen molar-refractivity contribution in [1.82, 2.24) is 0 Å². The molecule has 0 radical (unpaired) electrons. The molecule has 0 N–H and O–H groups in total. The van der Waals surface area contributed by atoms with Crippen LogP contribution < -0.4 is 18.9 Å². The average Bonchev–Trinajstić information content (AvgIpc) is 2.77. The summed E-state index contributed by atoms with van der Waals surface area (Å²) in [6.07, 6.45) is 0. The molecule has 3 rings (SSSR count). The van der Waals surface area contributed by atoms with Crippen LogP contribution in [0.5, 0.6) is 23.0 Å². The predicted molar refractivity (Wildman–Crippen MR) is 115 cm³/mol. The lowest BCUT2D eigenvalue weighted by Crippen LogP contribution is -1.95. The van der Waals surface area contributed by atoms with Gasteiger partial charge in [-0.05, 0) is 61.4 Å². The van der Waals surface area contributed by atoms with Gasteiger partial charge < -0.3 is 18.9 Å². The summed E-state index contributed by atoms with van der Waals surface area (Å²) in [7, 11) is 5.44. The summed E-state index contributed by atoms with van der Waals surface area (Å²) >= 11 is 0. The molecule has 0 aliphatic rings. The Morgan fingerprint density at radius 1 is 0.469 bits per heavy atom. The molecule has 0 aromatic heterocycles. The monoisotopic (exact) mass is 454 g/mol. The first-order valence-electron chi connectivity index (χ1n) is 9.34. The van der Waals surface area contributed by atoms with Crippen molar-refractivity contribution in [2.24, 2.45) is 0 Å². The fourth-order valence-corrected chi connectivity index (χ4v) is 2.37. The highest BCUT2D eigenvalue weighted by Gasteiger charge is 2.13. The van der Waals surface area contributed by atoms with Crippen LogP contribution in [0.15, 0.2) is 48.5 Å². The summed E-state index contributed by atoms with van der Waals surface area (Å²) in [5.74, 6) is -2.34. The number of halogens is 4. The molecule has 32 heavy (non-hydrogen) atoms. The number of methoxy groups -OCH3 is 4. The van der Waals surface area contributed by atoms with Crippen molar-refractivity contribution in [3.05, 3.63) is 82.9 Å². The Bertz CT molecular complexity index is 929. The molecule has 0 heterocycles. The van der Waals surface area contributed by atoms with Crippen LogP contribution in [-0.2, 0) is 0 Å². The van der Waals surface area contributed by atoms with Crippen LogP contribution in [0.1, 0.15) is 11.1 Å². The van der Waals surface area contributed by atoms with Gasteiger partial charge in [0, 0.05) is 0 Å². The zero-order valence-electron chi connectivity index (χ0n) is 18.8. The standard InChI is InChI=1S/C8H8F2O2.2C8H9FO/c1-11-5-3-4-6(12-2)8(10)7(5)9;2*1-6-3-4-8(10-2)7(9)5-6/h3-4H,1-2H3;2*3-5H,1-2H3. The van der Waals surface area contributed by atoms with Crippen molar-refractivity contribution < 1.29 is 36.5 Å². The van der Waals surface area contributed by atoms with Gasteiger partial charge in [-0.3, -0.25) is 0 Å². The lowest BCUT2D eigenvalue weighted by Gasteiger charge is -2.05. The zero-order valence-corrected chi connectivity index (χ0v) is 18.8.